The van der Waals surface area contributed by atoms with Crippen LogP contribution in [0.25, 0.3) is 11.1 Å². The number of hydrogen-bond acceptors (Lipinski definition) is 3. The third-order valence-electron chi connectivity index (χ3n) is 1.68. The van der Waals surface area contributed by atoms with Gasteiger partial charge in [0, 0.05) is 29.6 Å². The lowest BCUT2D eigenvalue weighted by atomic mass is 10.1. The van der Waals surface area contributed by atoms with Crippen molar-refractivity contribution in [2.24, 2.45) is 0 Å². The van der Waals surface area contributed by atoms with Crippen LogP contribution in [0, 0.1) is 0 Å². The second-order valence-corrected chi connectivity index (χ2v) is 3.30. The van der Waals surface area contributed by atoms with Gasteiger partial charge in [0.1, 0.15) is 0 Å². The highest BCUT2D eigenvalue weighted by Crippen LogP contribution is 2.31. The van der Waals surface area contributed by atoms with Crippen LogP contribution in [0.2, 0.25) is 0 Å². The summed E-state index contributed by atoms with van der Waals surface area (Å²) in [6.07, 6.45) is 3.48. The van der Waals surface area contributed by atoms with E-state index in [2.05, 4.69) is 20.9 Å². The van der Waals surface area contributed by atoms with E-state index in [1.54, 1.807) is 18.5 Å². The first-order valence-electron chi connectivity index (χ1n) is 3.72. The maximum atomic E-state index is 5.50. The number of furan rings is 1. The molecule has 0 amide bonds. The molecule has 0 fully saturated rings. The molecule has 0 radical (unpaired) electrons. The van der Waals surface area contributed by atoms with E-state index in [4.69, 9.17) is 10.2 Å². The molecular formula is C9H7BrN2O. The zero-order valence-electron chi connectivity index (χ0n) is 6.70. The van der Waals surface area contributed by atoms with Gasteiger partial charge in [-0.2, -0.15) is 0 Å². The van der Waals surface area contributed by atoms with Gasteiger partial charge in [0.15, 0.2) is 10.6 Å². The van der Waals surface area contributed by atoms with E-state index in [0.29, 0.717) is 10.6 Å². The van der Waals surface area contributed by atoms with Gasteiger partial charge in [0.25, 0.3) is 0 Å². The maximum absolute atomic E-state index is 5.50. The first kappa shape index (κ1) is 8.31. The van der Waals surface area contributed by atoms with Gasteiger partial charge in [-0.15, -0.1) is 0 Å². The van der Waals surface area contributed by atoms with E-state index in [1.165, 1.54) is 0 Å². The first-order chi connectivity index (χ1) is 6.27. The van der Waals surface area contributed by atoms with Gasteiger partial charge in [-0.3, -0.25) is 4.98 Å². The number of aromatic nitrogens is 1. The van der Waals surface area contributed by atoms with Gasteiger partial charge in [-0.1, -0.05) is 6.07 Å². The molecule has 0 saturated heterocycles. The van der Waals surface area contributed by atoms with Crippen molar-refractivity contribution in [1.82, 2.24) is 4.98 Å². The number of hydrogen-bond donors (Lipinski definition) is 1. The minimum Gasteiger partial charge on any atom is -0.434 e. The van der Waals surface area contributed by atoms with Crippen molar-refractivity contribution in [1.29, 1.82) is 0 Å². The zero-order valence-corrected chi connectivity index (χ0v) is 8.28. The molecule has 0 aromatic carbocycles. The van der Waals surface area contributed by atoms with Crippen molar-refractivity contribution in [2.45, 2.75) is 0 Å². The van der Waals surface area contributed by atoms with E-state index in [9.17, 15) is 0 Å². The molecule has 2 aromatic heterocycles. The molecule has 13 heavy (non-hydrogen) atoms. The summed E-state index contributed by atoms with van der Waals surface area (Å²) in [5.41, 5.74) is 7.40. The van der Waals surface area contributed by atoms with Gasteiger partial charge >= 0.3 is 0 Å². The average molecular weight is 239 g/mol. The molecule has 0 atom stereocenters. The molecule has 0 bridgehead atoms. The summed E-state index contributed by atoms with van der Waals surface area (Å²) in [7, 11) is 0. The highest BCUT2D eigenvalue weighted by molar-refractivity contribution is 9.10. The molecule has 0 aliphatic rings. The number of pyridine rings is 1. The molecule has 66 valence electrons. The fourth-order valence-corrected chi connectivity index (χ4v) is 1.64. The second-order valence-electron chi connectivity index (χ2n) is 2.58. The first-order valence-corrected chi connectivity index (χ1v) is 4.52. The van der Waals surface area contributed by atoms with E-state index in [0.717, 1.165) is 11.1 Å². The Balaban J connectivity index is 2.53. The molecule has 2 heterocycles. The summed E-state index contributed by atoms with van der Waals surface area (Å²) in [6, 6.07) is 5.58. The van der Waals surface area contributed by atoms with Crippen molar-refractivity contribution in [3.63, 3.8) is 0 Å². The third-order valence-corrected chi connectivity index (χ3v) is 2.27. The van der Waals surface area contributed by atoms with E-state index in [-0.39, 0.29) is 0 Å². The molecule has 0 aliphatic carbocycles. The molecule has 0 spiro atoms. The van der Waals surface area contributed by atoms with Crippen molar-refractivity contribution in [3.8, 4) is 11.1 Å². The summed E-state index contributed by atoms with van der Waals surface area (Å²) < 4.78 is 5.77. The van der Waals surface area contributed by atoms with Crippen molar-refractivity contribution < 1.29 is 4.42 Å². The van der Waals surface area contributed by atoms with Crippen molar-refractivity contribution >= 4 is 21.8 Å². The van der Waals surface area contributed by atoms with Crippen LogP contribution in [-0.4, -0.2) is 4.98 Å². The lowest BCUT2D eigenvalue weighted by Gasteiger charge is -1.94. The van der Waals surface area contributed by atoms with Gasteiger partial charge in [0.05, 0.1) is 0 Å². The monoisotopic (exact) mass is 238 g/mol. The molecule has 0 unspecified atom stereocenters. The Labute approximate surface area is 83.7 Å². The normalized spacial score (nSPS) is 10.2. The molecule has 0 aliphatic heterocycles. The quantitative estimate of drug-likeness (QED) is 0.832. The molecule has 4 heteroatoms. The summed E-state index contributed by atoms with van der Waals surface area (Å²) in [5.74, 6) is 0.394. The standard InChI is InChI=1S/C9H7BrN2O/c10-9-7(4-8(11)13-9)6-2-1-3-12-5-6/h1-5H,11H2. The Morgan fingerprint density at radius 1 is 1.46 bits per heavy atom. The molecule has 0 saturated carbocycles. The molecular weight excluding hydrogens is 232 g/mol. The van der Waals surface area contributed by atoms with Crippen molar-refractivity contribution in [3.05, 3.63) is 35.3 Å². The minimum absolute atomic E-state index is 0.394. The van der Waals surface area contributed by atoms with Crippen LogP contribution < -0.4 is 5.73 Å². The van der Waals surface area contributed by atoms with E-state index < -0.39 is 0 Å². The number of nitrogens with zero attached hydrogens (tertiary/aromatic N) is 1. The van der Waals surface area contributed by atoms with Crippen LogP contribution in [0.3, 0.4) is 0 Å². The van der Waals surface area contributed by atoms with Crippen LogP contribution in [0.1, 0.15) is 0 Å². The summed E-state index contributed by atoms with van der Waals surface area (Å²) in [5, 5.41) is 0. The average Bonchev–Trinajstić information content (AvgIpc) is 2.47. The Bertz CT molecular complexity index is 411. The predicted octanol–water partition coefficient (Wildman–Crippen LogP) is 2.69. The maximum Gasteiger partial charge on any atom is 0.192 e. The number of halogens is 1. The van der Waals surface area contributed by atoms with Crippen LogP contribution in [0.15, 0.2) is 39.7 Å². The minimum atomic E-state index is 0.394. The number of rotatable bonds is 1. The highest BCUT2D eigenvalue weighted by Gasteiger charge is 2.08. The SMILES string of the molecule is Nc1cc(-c2cccnc2)c(Br)o1. The van der Waals surface area contributed by atoms with Gasteiger partial charge in [-0.05, 0) is 22.0 Å². The lowest BCUT2D eigenvalue weighted by Crippen LogP contribution is -1.77. The highest BCUT2D eigenvalue weighted by atomic mass is 79.9. The Morgan fingerprint density at radius 2 is 2.31 bits per heavy atom. The third kappa shape index (κ3) is 1.58. The predicted molar refractivity (Wildman–Crippen MR) is 54.1 cm³/mol. The van der Waals surface area contributed by atoms with Crippen LogP contribution in [-0.2, 0) is 0 Å². The zero-order chi connectivity index (χ0) is 9.26. The number of nitrogen functional groups attached to an aromatic ring is 1. The summed E-state index contributed by atoms with van der Waals surface area (Å²) in [6.45, 7) is 0. The van der Waals surface area contributed by atoms with E-state index in [1.807, 2.05) is 12.1 Å². The lowest BCUT2D eigenvalue weighted by molar-refractivity contribution is 0.562. The molecule has 3 nitrogen and oxygen atoms in total. The Morgan fingerprint density at radius 3 is 2.85 bits per heavy atom. The summed E-state index contributed by atoms with van der Waals surface area (Å²) >= 11 is 3.28. The fourth-order valence-electron chi connectivity index (χ4n) is 1.11. The Kier molecular flexibility index (Phi) is 2.06. The van der Waals surface area contributed by atoms with E-state index >= 15 is 0 Å². The molecule has 2 N–H and O–H groups in total. The van der Waals surface area contributed by atoms with Gasteiger partial charge in [0.2, 0.25) is 0 Å². The summed E-state index contributed by atoms with van der Waals surface area (Å²) in [4.78, 5) is 4.01. The van der Waals surface area contributed by atoms with Gasteiger partial charge < -0.3 is 10.2 Å². The van der Waals surface area contributed by atoms with Crippen LogP contribution in [0.4, 0.5) is 5.88 Å². The topological polar surface area (TPSA) is 52.0 Å². The number of nitrogens with two attached hydrogens (primary N) is 1. The Hall–Kier alpha value is -1.29. The number of anilines is 1. The molecule has 2 aromatic rings. The van der Waals surface area contributed by atoms with Crippen LogP contribution >= 0.6 is 15.9 Å². The fraction of sp³-hybridized carbons (Fsp3) is 0. The van der Waals surface area contributed by atoms with Crippen molar-refractivity contribution in [2.75, 3.05) is 5.73 Å². The smallest absolute Gasteiger partial charge is 0.192 e. The van der Waals surface area contributed by atoms with Crippen LogP contribution in [0.5, 0.6) is 0 Å². The molecule has 2 rings (SSSR count). The second kappa shape index (κ2) is 3.22. The van der Waals surface area contributed by atoms with Gasteiger partial charge in [-0.25, -0.2) is 0 Å². The largest absolute Gasteiger partial charge is 0.434 e.